The van der Waals surface area contributed by atoms with Crippen LogP contribution in [-0.2, 0) is 16.2 Å². The maximum absolute atomic E-state index is 11.8. The van der Waals surface area contributed by atoms with Gasteiger partial charge >= 0.3 is 0 Å². The standard InChI is InChI=1S/C19H14N2O5S/c22-16-15(17(23)21-19(27)20-16)9-11-3-7-14(8-4-11)26-10-12-1-5-13(6-2-12)18(24)25/h1-9H,10H2,(H,24,25)(H2,20,21,22,23,27)/p-1. The lowest BCUT2D eigenvalue weighted by molar-refractivity contribution is -0.255. The number of amides is 2. The Morgan fingerprint density at radius 2 is 1.59 bits per heavy atom. The van der Waals surface area contributed by atoms with E-state index >= 15 is 0 Å². The summed E-state index contributed by atoms with van der Waals surface area (Å²) in [6.45, 7) is 0.260. The molecular formula is C19H13N2O5S-. The van der Waals surface area contributed by atoms with Gasteiger partial charge in [0.15, 0.2) is 5.11 Å². The minimum absolute atomic E-state index is 0.0152. The molecule has 3 rings (SSSR count). The fourth-order valence-corrected chi connectivity index (χ4v) is 2.52. The molecule has 0 aromatic heterocycles. The van der Waals surface area contributed by atoms with E-state index in [1.807, 2.05) is 0 Å². The van der Waals surface area contributed by atoms with Crippen molar-refractivity contribution in [3.63, 3.8) is 0 Å². The van der Waals surface area contributed by atoms with Gasteiger partial charge in [0.25, 0.3) is 11.8 Å². The first kappa shape index (κ1) is 18.3. The van der Waals surface area contributed by atoms with Gasteiger partial charge in [0, 0.05) is 0 Å². The highest BCUT2D eigenvalue weighted by atomic mass is 32.1. The first-order valence-electron chi connectivity index (χ1n) is 7.84. The van der Waals surface area contributed by atoms with E-state index in [1.165, 1.54) is 18.2 Å². The summed E-state index contributed by atoms with van der Waals surface area (Å²) in [5.74, 6) is -1.75. The number of aromatic carboxylic acids is 1. The van der Waals surface area contributed by atoms with Gasteiger partial charge in [0.1, 0.15) is 17.9 Å². The Bertz CT molecular complexity index is 927. The molecule has 2 N–H and O–H groups in total. The zero-order valence-electron chi connectivity index (χ0n) is 13.9. The molecule has 1 aliphatic heterocycles. The fourth-order valence-electron chi connectivity index (χ4n) is 2.34. The van der Waals surface area contributed by atoms with Crippen LogP contribution in [0.3, 0.4) is 0 Å². The van der Waals surface area contributed by atoms with Crippen molar-refractivity contribution in [1.29, 1.82) is 0 Å². The zero-order chi connectivity index (χ0) is 19.4. The van der Waals surface area contributed by atoms with Crippen LogP contribution in [0.15, 0.2) is 54.1 Å². The summed E-state index contributed by atoms with van der Waals surface area (Å²) >= 11 is 4.74. The number of carboxylic acids is 1. The van der Waals surface area contributed by atoms with Crippen LogP contribution in [0.25, 0.3) is 6.08 Å². The number of ether oxygens (including phenoxy) is 1. The molecular weight excluding hydrogens is 368 g/mol. The van der Waals surface area contributed by atoms with Crippen molar-refractivity contribution in [2.45, 2.75) is 6.61 Å². The van der Waals surface area contributed by atoms with E-state index in [0.717, 1.165) is 5.56 Å². The van der Waals surface area contributed by atoms with Crippen molar-refractivity contribution in [2.24, 2.45) is 0 Å². The summed E-state index contributed by atoms with van der Waals surface area (Å²) in [4.78, 5) is 34.4. The highest BCUT2D eigenvalue weighted by Crippen LogP contribution is 2.17. The molecule has 136 valence electrons. The van der Waals surface area contributed by atoms with Gasteiger partial charge in [-0.1, -0.05) is 36.4 Å². The molecule has 2 amide bonds. The van der Waals surface area contributed by atoms with Crippen LogP contribution in [0.4, 0.5) is 0 Å². The van der Waals surface area contributed by atoms with E-state index in [0.29, 0.717) is 11.3 Å². The van der Waals surface area contributed by atoms with Gasteiger partial charge in [-0.25, -0.2) is 0 Å². The van der Waals surface area contributed by atoms with Gasteiger partial charge < -0.3 is 14.6 Å². The predicted molar refractivity (Wildman–Crippen MR) is 98.4 cm³/mol. The second-order valence-corrected chi connectivity index (χ2v) is 6.05. The van der Waals surface area contributed by atoms with Gasteiger partial charge in [-0.3, -0.25) is 20.2 Å². The Hall–Kier alpha value is -3.52. The number of hydrogen-bond donors (Lipinski definition) is 2. The van der Waals surface area contributed by atoms with E-state index in [-0.39, 0.29) is 22.9 Å². The predicted octanol–water partition coefficient (Wildman–Crippen LogP) is 0.543. The van der Waals surface area contributed by atoms with Crippen LogP contribution in [-0.4, -0.2) is 22.9 Å². The monoisotopic (exact) mass is 381 g/mol. The van der Waals surface area contributed by atoms with E-state index in [9.17, 15) is 19.5 Å². The van der Waals surface area contributed by atoms with E-state index in [4.69, 9.17) is 17.0 Å². The third kappa shape index (κ3) is 4.56. The summed E-state index contributed by atoms with van der Waals surface area (Å²) in [5, 5.41) is 15.4. The molecule has 2 aromatic carbocycles. The molecule has 27 heavy (non-hydrogen) atoms. The van der Waals surface area contributed by atoms with Crippen LogP contribution in [0.1, 0.15) is 21.5 Å². The van der Waals surface area contributed by atoms with E-state index < -0.39 is 17.8 Å². The highest BCUT2D eigenvalue weighted by molar-refractivity contribution is 7.80. The van der Waals surface area contributed by atoms with Gasteiger partial charge in [0.2, 0.25) is 0 Å². The molecule has 1 saturated heterocycles. The minimum atomic E-state index is -1.23. The highest BCUT2D eigenvalue weighted by Gasteiger charge is 2.25. The molecule has 0 spiro atoms. The summed E-state index contributed by atoms with van der Waals surface area (Å²) < 4.78 is 5.63. The number of thiocarbonyl (C=S) groups is 1. The second kappa shape index (κ2) is 7.79. The lowest BCUT2D eigenvalue weighted by atomic mass is 10.1. The van der Waals surface area contributed by atoms with Crippen LogP contribution in [0.2, 0.25) is 0 Å². The number of nitrogens with one attached hydrogen (secondary N) is 2. The Morgan fingerprint density at radius 3 is 2.15 bits per heavy atom. The smallest absolute Gasteiger partial charge is 0.263 e. The Labute approximate surface area is 159 Å². The van der Waals surface area contributed by atoms with Crippen LogP contribution >= 0.6 is 12.2 Å². The molecule has 0 unspecified atom stereocenters. The second-order valence-electron chi connectivity index (χ2n) is 5.64. The summed E-state index contributed by atoms with van der Waals surface area (Å²) in [5.41, 5.74) is 1.52. The molecule has 1 aliphatic rings. The largest absolute Gasteiger partial charge is 0.545 e. The molecule has 0 bridgehead atoms. The number of carboxylic acid groups (broad SMARTS) is 1. The number of carbonyl (C=O) groups is 3. The van der Waals surface area contributed by atoms with Crippen LogP contribution in [0, 0.1) is 0 Å². The Morgan fingerprint density at radius 1 is 1.00 bits per heavy atom. The maximum Gasteiger partial charge on any atom is 0.263 e. The normalized spacial score (nSPS) is 13.6. The topological polar surface area (TPSA) is 108 Å². The summed E-state index contributed by atoms with van der Waals surface area (Å²) in [7, 11) is 0. The van der Waals surface area contributed by atoms with Crippen molar-refractivity contribution in [3.8, 4) is 5.75 Å². The number of benzene rings is 2. The SMILES string of the molecule is O=C1NC(=S)NC(=O)C1=Cc1ccc(OCc2ccc(C(=O)[O-])cc2)cc1. The summed E-state index contributed by atoms with van der Waals surface area (Å²) in [6, 6.07) is 13.0. The third-order valence-corrected chi connectivity index (χ3v) is 3.93. The lowest BCUT2D eigenvalue weighted by Gasteiger charge is -2.16. The molecule has 1 fully saturated rings. The molecule has 0 radical (unpaired) electrons. The van der Waals surface area contributed by atoms with E-state index in [2.05, 4.69) is 10.6 Å². The molecule has 1 heterocycles. The number of hydrogen-bond acceptors (Lipinski definition) is 6. The maximum atomic E-state index is 11.8. The third-order valence-electron chi connectivity index (χ3n) is 3.73. The Kier molecular flexibility index (Phi) is 5.28. The van der Waals surface area contributed by atoms with Crippen molar-refractivity contribution in [3.05, 3.63) is 70.8 Å². The molecule has 7 nitrogen and oxygen atoms in total. The fraction of sp³-hybridized carbons (Fsp3) is 0.0526. The van der Waals surface area contributed by atoms with Crippen LogP contribution in [0.5, 0.6) is 5.75 Å². The minimum Gasteiger partial charge on any atom is -0.545 e. The van der Waals surface area contributed by atoms with Gasteiger partial charge in [0.05, 0.1) is 5.97 Å². The Balaban J connectivity index is 1.64. The molecule has 0 atom stereocenters. The first-order chi connectivity index (χ1) is 12.9. The quantitative estimate of drug-likeness (QED) is 0.445. The van der Waals surface area contributed by atoms with Gasteiger partial charge in [-0.05, 0) is 47.1 Å². The van der Waals surface area contributed by atoms with Gasteiger partial charge in [-0.15, -0.1) is 0 Å². The number of rotatable bonds is 5. The van der Waals surface area contributed by atoms with E-state index in [1.54, 1.807) is 36.4 Å². The molecule has 0 saturated carbocycles. The number of carbonyl (C=O) groups excluding carboxylic acids is 3. The van der Waals surface area contributed by atoms with Crippen molar-refractivity contribution in [1.82, 2.24) is 10.6 Å². The lowest BCUT2D eigenvalue weighted by Crippen LogP contribution is -2.51. The molecule has 0 aliphatic carbocycles. The summed E-state index contributed by atoms with van der Waals surface area (Å²) in [6.07, 6.45) is 1.45. The van der Waals surface area contributed by atoms with Crippen molar-refractivity contribution < 1.29 is 24.2 Å². The first-order valence-corrected chi connectivity index (χ1v) is 8.25. The zero-order valence-corrected chi connectivity index (χ0v) is 14.7. The van der Waals surface area contributed by atoms with Gasteiger partial charge in [-0.2, -0.15) is 0 Å². The van der Waals surface area contributed by atoms with Crippen LogP contribution < -0.4 is 20.5 Å². The van der Waals surface area contributed by atoms with Crippen molar-refractivity contribution in [2.75, 3.05) is 0 Å². The average molecular weight is 381 g/mol. The van der Waals surface area contributed by atoms with Crippen molar-refractivity contribution >= 4 is 41.2 Å². The molecule has 8 heteroatoms. The average Bonchev–Trinajstić information content (AvgIpc) is 2.64. The molecule has 2 aromatic rings.